The molecule has 16 heavy (non-hydrogen) atoms. The number of aliphatic hydroxyl groups excluding tert-OH is 1. The predicted octanol–water partition coefficient (Wildman–Crippen LogP) is 1.70. The number of hydrogen-bond donors (Lipinski definition) is 2. The maximum Gasteiger partial charge on any atom is 0.0602 e. The van der Waals surface area contributed by atoms with Crippen LogP contribution in [-0.4, -0.2) is 41.8 Å². The molecule has 0 bridgehead atoms. The van der Waals surface area contributed by atoms with Crippen LogP contribution in [-0.2, 0) is 0 Å². The molecule has 3 atom stereocenters. The lowest BCUT2D eigenvalue weighted by Crippen LogP contribution is -2.53. The number of likely N-dealkylation sites (N-methyl/N-ethyl adjacent to an activating group) is 1. The maximum atomic E-state index is 9.48. The van der Waals surface area contributed by atoms with Gasteiger partial charge in [-0.1, -0.05) is 27.7 Å². The molecule has 0 saturated carbocycles. The van der Waals surface area contributed by atoms with E-state index >= 15 is 0 Å². The second-order valence-corrected chi connectivity index (χ2v) is 5.72. The smallest absolute Gasteiger partial charge is 0.0602 e. The summed E-state index contributed by atoms with van der Waals surface area (Å²) in [6.07, 6.45) is 1.14. The standard InChI is InChI=1S/C13H30N2O/c1-9(2)7-11(5)15(6)12(8-16)13(14)10(3)4/h9-13,16H,7-8,14H2,1-6H3. The van der Waals surface area contributed by atoms with Gasteiger partial charge >= 0.3 is 0 Å². The Hall–Kier alpha value is -0.120. The van der Waals surface area contributed by atoms with Crippen LogP contribution in [0.15, 0.2) is 0 Å². The van der Waals surface area contributed by atoms with E-state index in [-0.39, 0.29) is 18.7 Å². The highest BCUT2D eigenvalue weighted by molar-refractivity contribution is 4.84. The van der Waals surface area contributed by atoms with E-state index in [0.717, 1.165) is 6.42 Å². The molecule has 0 aromatic heterocycles. The molecular weight excluding hydrogens is 200 g/mol. The van der Waals surface area contributed by atoms with E-state index in [2.05, 4.69) is 46.6 Å². The number of nitrogens with two attached hydrogens (primary N) is 1. The quantitative estimate of drug-likeness (QED) is 0.700. The normalized spacial score (nSPS) is 18.2. The van der Waals surface area contributed by atoms with Crippen molar-refractivity contribution in [3.05, 3.63) is 0 Å². The monoisotopic (exact) mass is 230 g/mol. The summed E-state index contributed by atoms with van der Waals surface area (Å²) >= 11 is 0. The average molecular weight is 230 g/mol. The first-order valence-corrected chi connectivity index (χ1v) is 6.39. The fourth-order valence-electron chi connectivity index (χ4n) is 2.14. The van der Waals surface area contributed by atoms with E-state index in [4.69, 9.17) is 5.73 Å². The van der Waals surface area contributed by atoms with Crippen molar-refractivity contribution in [1.82, 2.24) is 4.90 Å². The van der Waals surface area contributed by atoms with Crippen molar-refractivity contribution in [2.45, 2.75) is 59.2 Å². The first-order chi connectivity index (χ1) is 7.31. The van der Waals surface area contributed by atoms with Gasteiger partial charge < -0.3 is 10.8 Å². The summed E-state index contributed by atoms with van der Waals surface area (Å²) in [6.45, 7) is 11.0. The van der Waals surface area contributed by atoms with Crippen molar-refractivity contribution in [2.75, 3.05) is 13.7 Å². The van der Waals surface area contributed by atoms with Crippen molar-refractivity contribution in [3.63, 3.8) is 0 Å². The van der Waals surface area contributed by atoms with Crippen LogP contribution in [0.4, 0.5) is 0 Å². The minimum Gasteiger partial charge on any atom is -0.395 e. The fourth-order valence-corrected chi connectivity index (χ4v) is 2.14. The molecule has 0 spiro atoms. The lowest BCUT2D eigenvalue weighted by atomic mass is 9.94. The Bertz CT molecular complexity index is 183. The molecule has 3 N–H and O–H groups in total. The molecule has 0 saturated heterocycles. The lowest BCUT2D eigenvalue weighted by molar-refractivity contribution is 0.0774. The van der Waals surface area contributed by atoms with E-state index < -0.39 is 0 Å². The first-order valence-electron chi connectivity index (χ1n) is 6.39. The van der Waals surface area contributed by atoms with Crippen LogP contribution in [0.2, 0.25) is 0 Å². The highest BCUT2D eigenvalue weighted by Crippen LogP contribution is 2.16. The van der Waals surface area contributed by atoms with Gasteiger partial charge in [0.15, 0.2) is 0 Å². The Morgan fingerprint density at radius 3 is 1.94 bits per heavy atom. The molecule has 3 nitrogen and oxygen atoms in total. The minimum atomic E-state index is 0.0320. The highest BCUT2D eigenvalue weighted by Gasteiger charge is 2.27. The van der Waals surface area contributed by atoms with Crippen LogP contribution in [0.25, 0.3) is 0 Å². The second-order valence-electron chi connectivity index (χ2n) is 5.72. The van der Waals surface area contributed by atoms with Gasteiger partial charge in [-0.05, 0) is 32.2 Å². The molecular formula is C13H30N2O. The third-order valence-corrected chi connectivity index (χ3v) is 3.43. The molecule has 0 aliphatic heterocycles. The van der Waals surface area contributed by atoms with E-state index in [9.17, 15) is 5.11 Å². The summed E-state index contributed by atoms with van der Waals surface area (Å²) < 4.78 is 0. The zero-order valence-corrected chi connectivity index (χ0v) is 11.8. The van der Waals surface area contributed by atoms with Gasteiger partial charge in [0, 0.05) is 18.1 Å². The van der Waals surface area contributed by atoms with E-state index in [1.807, 2.05) is 0 Å². The molecule has 0 rings (SSSR count). The molecule has 0 aromatic carbocycles. The third kappa shape index (κ3) is 4.81. The fraction of sp³-hybridized carbons (Fsp3) is 1.00. The molecule has 0 fully saturated rings. The van der Waals surface area contributed by atoms with Crippen molar-refractivity contribution in [3.8, 4) is 0 Å². The summed E-state index contributed by atoms with van der Waals surface area (Å²) in [6, 6.07) is 0.556. The number of aliphatic hydroxyl groups is 1. The zero-order chi connectivity index (χ0) is 12.9. The SMILES string of the molecule is CC(C)CC(C)N(C)C(CO)C(N)C(C)C. The molecule has 0 radical (unpaired) electrons. The van der Waals surface area contributed by atoms with Crippen molar-refractivity contribution < 1.29 is 5.11 Å². The van der Waals surface area contributed by atoms with Crippen LogP contribution >= 0.6 is 0 Å². The summed E-state index contributed by atoms with van der Waals surface area (Å²) in [4.78, 5) is 2.23. The minimum absolute atomic E-state index is 0.0320. The lowest BCUT2D eigenvalue weighted by Gasteiger charge is -2.37. The molecule has 0 amide bonds. The maximum absolute atomic E-state index is 9.48. The molecule has 0 aliphatic rings. The van der Waals surface area contributed by atoms with Gasteiger partial charge in [-0.3, -0.25) is 4.90 Å². The van der Waals surface area contributed by atoms with Crippen molar-refractivity contribution in [2.24, 2.45) is 17.6 Å². The Balaban J connectivity index is 4.45. The second kappa shape index (κ2) is 7.25. The molecule has 0 heterocycles. The van der Waals surface area contributed by atoms with Gasteiger partial charge in [-0.2, -0.15) is 0 Å². The van der Waals surface area contributed by atoms with E-state index in [1.165, 1.54) is 0 Å². The summed E-state index contributed by atoms with van der Waals surface area (Å²) in [5.74, 6) is 1.07. The third-order valence-electron chi connectivity index (χ3n) is 3.43. The molecule has 3 heteroatoms. The summed E-state index contributed by atoms with van der Waals surface area (Å²) in [5.41, 5.74) is 6.14. The van der Waals surface area contributed by atoms with Gasteiger partial charge in [-0.25, -0.2) is 0 Å². The van der Waals surface area contributed by atoms with Gasteiger partial charge in [0.1, 0.15) is 0 Å². The first kappa shape index (κ1) is 15.9. The van der Waals surface area contributed by atoms with Crippen LogP contribution < -0.4 is 5.73 Å². The number of nitrogens with zero attached hydrogens (tertiary/aromatic N) is 1. The Morgan fingerprint density at radius 2 is 1.62 bits per heavy atom. The number of hydrogen-bond acceptors (Lipinski definition) is 3. The van der Waals surface area contributed by atoms with Crippen molar-refractivity contribution >= 4 is 0 Å². The molecule has 3 unspecified atom stereocenters. The van der Waals surface area contributed by atoms with Gasteiger partial charge in [0.25, 0.3) is 0 Å². The van der Waals surface area contributed by atoms with Crippen LogP contribution in [0.3, 0.4) is 0 Å². The van der Waals surface area contributed by atoms with E-state index in [1.54, 1.807) is 0 Å². The summed E-state index contributed by atoms with van der Waals surface area (Å²) in [7, 11) is 2.07. The Kier molecular flexibility index (Phi) is 7.20. The zero-order valence-electron chi connectivity index (χ0n) is 11.8. The van der Waals surface area contributed by atoms with Crippen LogP contribution in [0, 0.1) is 11.8 Å². The number of rotatable bonds is 7. The van der Waals surface area contributed by atoms with Crippen LogP contribution in [0.1, 0.15) is 41.0 Å². The largest absolute Gasteiger partial charge is 0.395 e. The molecule has 98 valence electrons. The van der Waals surface area contributed by atoms with E-state index in [0.29, 0.717) is 17.9 Å². The van der Waals surface area contributed by atoms with Gasteiger partial charge in [0.05, 0.1) is 6.61 Å². The predicted molar refractivity (Wildman–Crippen MR) is 70.4 cm³/mol. The Morgan fingerprint density at radius 1 is 1.12 bits per heavy atom. The van der Waals surface area contributed by atoms with Gasteiger partial charge in [0.2, 0.25) is 0 Å². The topological polar surface area (TPSA) is 49.5 Å². The average Bonchev–Trinajstić information content (AvgIpc) is 2.17. The molecule has 0 aliphatic carbocycles. The molecule has 0 aromatic rings. The Labute approximate surface area is 101 Å². The highest BCUT2D eigenvalue weighted by atomic mass is 16.3. The van der Waals surface area contributed by atoms with Crippen molar-refractivity contribution in [1.29, 1.82) is 0 Å². The summed E-state index contributed by atoms with van der Waals surface area (Å²) in [5, 5.41) is 9.48. The van der Waals surface area contributed by atoms with Gasteiger partial charge in [-0.15, -0.1) is 0 Å². The van der Waals surface area contributed by atoms with Crippen LogP contribution in [0.5, 0.6) is 0 Å².